The third-order valence-corrected chi connectivity index (χ3v) is 4.50. The number of nitrogens with one attached hydrogen (secondary N) is 1. The van der Waals surface area contributed by atoms with Crippen LogP contribution in [-0.4, -0.2) is 4.98 Å². The fourth-order valence-corrected chi connectivity index (χ4v) is 3.05. The number of benzene rings is 2. The molecule has 0 aliphatic heterocycles. The normalized spacial score (nSPS) is 11.8. The molecule has 0 radical (unpaired) electrons. The van der Waals surface area contributed by atoms with Gasteiger partial charge in [-0.3, -0.25) is 0 Å². The van der Waals surface area contributed by atoms with E-state index in [1.165, 1.54) is 24.3 Å². The Kier molecular flexibility index (Phi) is 5.56. The van der Waals surface area contributed by atoms with Crippen LogP contribution in [0.15, 0.2) is 42.5 Å². The largest absolute Gasteiger partial charge is 0.417 e. The Bertz CT molecular complexity index is 970. The highest BCUT2D eigenvalue weighted by atomic mass is 35.5. The van der Waals surface area contributed by atoms with E-state index in [0.717, 1.165) is 24.6 Å². The first kappa shape index (κ1) is 19.4. The Labute approximate surface area is 159 Å². The van der Waals surface area contributed by atoms with Gasteiger partial charge in [0.15, 0.2) is 0 Å². The molecule has 0 spiro atoms. The molecule has 1 aromatic heterocycles. The number of unbranched alkanes of at least 4 members (excludes halogenated alkanes) is 1. The van der Waals surface area contributed by atoms with Crippen molar-refractivity contribution in [1.29, 1.82) is 0 Å². The summed E-state index contributed by atoms with van der Waals surface area (Å²) in [5.74, 6) is 0.000919. The summed E-state index contributed by atoms with van der Waals surface area (Å²) in [6.07, 6.45) is -1.98. The van der Waals surface area contributed by atoms with Crippen molar-refractivity contribution in [2.45, 2.75) is 32.4 Å². The second-order valence-electron chi connectivity index (χ2n) is 6.25. The van der Waals surface area contributed by atoms with Gasteiger partial charge in [0.25, 0.3) is 0 Å². The molecular formula is C20H17ClF4N2. The quantitative estimate of drug-likeness (QED) is 0.464. The number of nitrogens with zero attached hydrogens (tertiary/aromatic N) is 1. The van der Waals surface area contributed by atoms with Crippen LogP contribution in [0.3, 0.4) is 0 Å². The van der Waals surface area contributed by atoms with E-state index >= 15 is 0 Å². The standard InChI is InChI=1S/C20H17ClF4N2/c1-2-3-4-14-10-12-9-13(22)5-7-16(12)19(26-14)27-15-6-8-18(21)17(11-15)20(23,24)25/h5-11H,2-4H2,1H3,(H,26,27). The molecule has 7 heteroatoms. The maximum Gasteiger partial charge on any atom is 0.417 e. The molecule has 3 rings (SSSR count). The molecule has 0 amide bonds. The molecule has 0 unspecified atom stereocenters. The summed E-state index contributed by atoms with van der Waals surface area (Å²) in [6, 6.07) is 9.64. The lowest BCUT2D eigenvalue weighted by Gasteiger charge is -2.14. The average Bonchev–Trinajstić information content (AvgIpc) is 2.60. The molecule has 0 saturated heterocycles. The van der Waals surface area contributed by atoms with Gasteiger partial charge >= 0.3 is 6.18 Å². The molecule has 0 atom stereocenters. The zero-order valence-electron chi connectivity index (χ0n) is 14.5. The lowest BCUT2D eigenvalue weighted by atomic mass is 10.1. The van der Waals surface area contributed by atoms with E-state index in [0.29, 0.717) is 23.0 Å². The van der Waals surface area contributed by atoms with Gasteiger partial charge in [-0.2, -0.15) is 13.2 Å². The number of hydrogen-bond acceptors (Lipinski definition) is 2. The Morgan fingerprint density at radius 1 is 1.07 bits per heavy atom. The predicted molar refractivity (Wildman–Crippen MR) is 100 cm³/mol. The Morgan fingerprint density at radius 3 is 2.56 bits per heavy atom. The number of anilines is 2. The average molecular weight is 397 g/mol. The van der Waals surface area contributed by atoms with Crippen LogP contribution in [-0.2, 0) is 12.6 Å². The second kappa shape index (κ2) is 7.72. The highest BCUT2D eigenvalue weighted by Crippen LogP contribution is 2.37. The van der Waals surface area contributed by atoms with E-state index in [2.05, 4.69) is 10.3 Å². The van der Waals surface area contributed by atoms with Crippen LogP contribution in [0, 0.1) is 5.82 Å². The van der Waals surface area contributed by atoms with Gasteiger partial charge in [0.2, 0.25) is 0 Å². The Hall–Kier alpha value is -2.34. The van der Waals surface area contributed by atoms with Crippen LogP contribution in [0.2, 0.25) is 5.02 Å². The van der Waals surface area contributed by atoms with Crippen LogP contribution < -0.4 is 5.32 Å². The van der Waals surface area contributed by atoms with Crippen molar-refractivity contribution < 1.29 is 17.6 Å². The Morgan fingerprint density at radius 2 is 1.85 bits per heavy atom. The molecule has 2 nitrogen and oxygen atoms in total. The molecule has 3 aromatic rings. The lowest BCUT2D eigenvalue weighted by molar-refractivity contribution is -0.137. The summed E-state index contributed by atoms with van der Waals surface area (Å²) in [4.78, 5) is 4.53. The monoisotopic (exact) mass is 396 g/mol. The molecule has 27 heavy (non-hydrogen) atoms. The van der Waals surface area contributed by atoms with Gasteiger partial charge in [-0.15, -0.1) is 0 Å². The number of aromatic nitrogens is 1. The van der Waals surface area contributed by atoms with Crippen LogP contribution in [0.25, 0.3) is 10.8 Å². The zero-order chi connectivity index (χ0) is 19.6. The smallest absolute Gasteiger partial charge is 0.340 e. The SMILES string of the molecule is CCCCc1cc2cc(F)ccc2c(Nc2ccc(Cl)c(C(F)(F)F)c2)n1. The number of alkyl halides is 3. The molecule has 0 aliphatic carbocycles. The molecule has 142 valence electrons. The highest BCUT2D eigenvalue weighted by molar-refractivity contribution is 6.31. The molecule has 0 aliphatic rings. The number of hydrogen-bond donors (Lipinski definition) is 1. The molecule has 2 aromatic carbocycles. The summed E-state index contributed by atoms with van der Waals surface area (Å²) in [5.41, 5.74) is 0.0339. The summed E-state index contributed by atoms with van der Waals surface area (Å²) in [5, 5.41) is 3.83. The minimum Gasteiger partial charge on any atom is -0.340 e. The second-order valence-corrected chi connectivity index (χ2v) is 6.66. The van der Waals surface area contributed by atoms with Gasteiger partial charge in [0, 0.05) is 16.8 Å². The maximum absolute atomic E-state index is 13.6. The molecule has 1 heterocycles. The van der Waals surface area contributed by atoms with Crippen molar-refractivity contribution in [2.24, 2.45) is 0 Å². The van der Waals surface area contributed by atoms with Crippen LogP contribution in [0.4, 0.5) is 29.1 Å². The van der Waals surface area contributed by atoms with E-state index in [9.17, 15) is 17.6 Å². The third kappa shape index (κ3) is 4.50. The minimum absolute atomic E-state index is 0.206. The number of fused-ring (bicyclic) bond motifs is 1. The first-order chi connectivity index (χ1) is 12.8. The van der Waals surface area contributed by atoms with Gasteiger partial charge in [0.05, 0.1) is 10.6 Å². The van der Waals surface area contributed by atoms with Crippen LogP contribution >= 0.6 is 11.6 Å². The number of rotatable bonds is 5. The predicted octanol–water partition coefficient (Wildman–Crippen LogP) is 7.13. The van der Waals surface area contributed by atoms with Crippen molar-refractivity contribution in [1.82, 2.24) is 4.98 Å². The van der Waals surface area contributed by atoms with E-state index < -0.39 is 11.7 Å². The minimum atomic E-state index is -4.56. The van der Waals surface area contributed by atoms with E-state index in [-0.39, 0.29) is 16.5 Å². The number of aryl methyl sites for hydroxylation is 1. The van der Waals surface area contributed by atoms with Crippen molar-refractivity contribution in [3.8, 4) is 0 Å². The first-order valence-electron chi connectivity index (χ1n) is 8.51. The molecule has 0 bridgehead atoms. The van der Waals surface area contributed by atoms with Gasteiger partial charge in [-0.05, 0) is 60.7 Å². The Balaban J connectivity index is 2.05. The lowest BCUT2D eigenvalue weighted by Crippen LogP contribution is -2.07. The summed E-state index contributed by atoms with van der Waals surface area (Å²) in [7, 11) is 0. The van der Waals surface area contributed by atoms with Gasteiger partial charge in [-0.1, -0.05) is 24.9 Å². The maximum atomic E-state index is 13.6. The van der Waals surface area contributed by atoms with Crippen molar-refractivity contribution in [3.63, 3.8) is 0 Å². The fourth-order valence-electron chi connectivity index (χ4n) is 2.82. The summed E-state index contributed by atoms with van der Waals surface area (Å²) in [6.45, 7) is 2.05. The van der Waals surface area contributed by atoms with Gasteiger partial charge in [0.1, 0.15) is 11.6 Å². The number of pyridine rings is 1. The fraction of sp³-hybridized carbons (Fsp3) is 0.250. The molecule has 0 saturated carbocycles. The van der Waals surface area contributed by atoms with Crippen molar-refractivity contribution in [2.75, 3.05) is 5.32 Å². The van der Waals surface area contributed by atoms with E-state index in [1.54, 1.807) is 6.07 Å². The molecule has 1 N–H and O–H groups in total. The van der Waals surface area contributed by atoms with E-state index in [4.69, 9.17) is 11.6 Å². The van der Waals surface area contributed by atoms with Crippen molar-refractivity contribution >= 4 is 33.9 Å². The van der Waals surface area contributed by atoms with E-state index in [1.807, 2.05) is 13.0 Å². The summed E-state index contributed by atoms with van der Waals surface area (Å²) >= 11 is 5.67. The van der Waals surface area contributed by atoms with Crippen molar-refractivity contribution in [3.05, 3.63) is 64.6 Å². The van der Waals surface area contributed by atoms with Crippen LogP contribution in [0.5, 0.6) is 0 Å². The highest BCUT2D eigenvalue weighted by Gasteiger charge is 2.33. The number of halogens is 5. The summed E-state index contributed by atoms with van der Waals surface area (Å²) < 4.78 is 52.9. The topological polar surface area (TPSA) is 24.9 Å². The third-order valence-electron chi connectivity index (χ3n) is 4.17. The zero-order valence-corrected chi connectivity index (χ0v) is 15.3. The first-order valence-corrected chi connectivity index (χ1v) is 8.88. The van der Waals surface area contributed by atoms with Gasteiger partial charge < -0.3 is 5.32 Å². The molecule has 0 fully saturated rings. The van der Waals surface area contributed by atoms with Gasteiger partial charge in [-0.25, -0.2) is 9.37 Å². The van der Waals surface area contributed by atoms with Crippen LogP contribution in [0.1, 0.15) is 31.0 Å². The molecular weight excluding hydrogens is 380 g/mol.